The van der Waals surface area contributed by atoms with Crippen LogP contribution in [-0.2, 0) is 0 Å². The fraction of sp³-hybridized carbons (Fsp3) is 0.938. The van der Waals surface area contributed by atoms with E-state index in [9.17, 15) is 0 Å². The van der Waals surface area contributed by atoms with Gasteiger partial charge in [0, 0.05) is 25.7 Å². The molecule has 0 aromatic heterocycles. The minimum absolute atomic E-state index is 0.602. The lowest BCUT2D eigenvalue weighted by Crippen LogP contribution is -2.48. The van der Waals surface area contributed by atoms with Crippen molar-refractivity contribution in [1.29, 1.82) is 0 Å². The predicted molar refractivity (Wildman–Crippen MR) is 88.3 cm³/mol. The van der Waals surface area contributed by atoms with Gasteiger partial charge in [-0.2, -0.15) is 0 Å². The highest BCUT2D eigenvalue weighted by Gasteiger charge is 2.24. The molecule has 2 N–H and O–H groups in total. The fourth-order valence-electron chi connectivity index (χ4n) is 2.68. The molecule has 0 bridgehead atoms. The molecule has 4 heteroatoms. The minimum Gasteiger partial charge on any atom is -0.357 e. The van der Waals surface area contributed by atoms with E-state index < -0.39 is 0 Å². The van der Waals surface area contributed by atoms with Gasteiger partial charge in [-0.25, -0.2) is 0 Å². The third-order valence-corrected chi connectivity index (χ3v) is 3.82. The van der Waals surface area contributed by atoms with Crippen molar-refractivity contribution in [2.45, 2.75) is 53.5 Å². The van der Waals surface area contributed by atoms with Gasteiger partial charge in [0.05, 0.1) is 0 Å². The lowest BCUT2D eigenvalue weighted by atomic mass is 10.0. The van der Waals surface area contributed by atoms with Crippen LogP contribution in [0.25, 0.3) is 0 Å². The second kappa shape index (κ2) is 9.22. The van der Waals surface area contributed by atoms with Gasteiger partial charge in [-0.3, -0.25) is 9.89 Å². The Bertz CT molecular complexity index is 280. The molecule has 118 valence electrons. The summed E-state index contributed by atoms with van der Waals surface area (Å²) in [5.74, 6) is 2.24. The standard InChI is InChI=1S/C16H34N4/c1-6-17-16(18-11-13(2)3)19-12-15(14(4)5)20-9-7-8-10-20/h13-15H,6-12H2,1-5H3,(H2,17,18,19). The Morgan fingerprint density at radius 1 is 1.10 bits per heavy atom. The van der Waals surface area contributed by atoms with Crippen LogP contribution in [0.5, 0.6) is 0 Å². The first kappa shape index (κ1) is 17.3. The Morgan fingerprint density at radius 3 is 2.25 bits per heavy atom. The van der Waals surface area contributed by atoms with E-state index in [2.05, 4.69) is 55.1 Å². The molecule has 1 aliphatic rings. The molecule has 0 aromatic rings. The van der Waals surface area contributed by atoms with Crippen LogP contribution in [-0.4, -0.2) is 49.6 Å². The highest BCUT2D eigenvalue weighted by molar-refractivity contribution is 5.79. The summed E-state index contributed by atoms with van der Waals surface area (Å²) in [5.41, 5.74) is 0. The molecule has 0 amide bonds. The summed E-state index contributed by atoms with van der Waals surface area (Å²) in [5, 5.41) is 6.87. The van der Waals surface area contributed by atoms with Crippen LogP contribution in [0.2, 0.25) is 0 Å². The molecule has 1 fully saturated rings. The molecule has 0 aliphatic carbocycles. The monoisotopic (exact) mass is 282 g/mol. The summed E-state index contributed by atoms with van der Waals surface area (Å²) in [6.45, 7) is 16.5. The van der Waals surface area contributed by atoms with Crippen molar-refractivity contribution in [2.75, 3.05) is 32.7 Å². The van der Waals surface area contributed by atoms with Gasteiger partial charge in [-0.15, -0.1) is 0 Å². The van der Waals surface area contributed by atoms with Gasteiger partial charge in [0.15, 0.2) is 5.96 Å². The van der Waals surface area contributed by atoms with Gasteiger partial charge in [0.25, 0.3) is 0 Å². The van der Waals surface area contributed by atoms with Gasteiger partial charge in [0.2, 0.25) is 0 Å². The van der Waals surface area contributed by atoms with Crippen LogP contribution >= 0.6 is 0 Å². The van der Waals surface area contributed by atoms with Gasteiger partial charge < -0.3 is 10.6 Å². The number of rotatable bonds is 7. The number of aliphatic imine (C=N–C) groups is 1. The van der Waals surface area contributed by atoms with Crippen molar-refractivity contribution in [3.05, 3.63) is 0 Å². The van der Waals surface area contributed by atoms with Crippen LogP contribution in [0.3, 0.4) is 0 Å². The van der Waals surface area contributed by atoms with Crippen LogP contribution in [0.4, 0.5) is 0 Å². The van der Waals surface area contributed by atoms with Gasteiger partial charge in [-0.05, 0) is 44.7 Å². The summed E-state index contributed by atoms with van der Waals surface area (Å²) in [6, 6.07) is 0.611. The van der Waals surface area contributed by atoms with Crippen molar-refractivity contribution in [2.24, 2.45) is 16.8 Å². The summed E-state index contributed by atoms with van der Waals surface area (Å²) in [6.07, 6.45) is 2.70. The van der Waals surface area contributed by atoms with Gasteiger partial charge in [0.1, 0.15) is 0 Å². The topological polar surface area (TPSA) is 39.7 Å². The normalized spacial score (nSPS) is 18.9. The number of hydrogen-bond acceptors (Lipinski definition) is 2. The lowest BCUT2D eigenvalue weighted by Gasteiger charge is -2.31. The number of guanidine groups is 1. The van der Waals surface area contributed by atoms with Crippen molar-refractivity contribution in [3.63, 3.8) is 0 Å². The Hall–Kier alpha value is -0.770. The first-order chi connectivity index (χ1) is 9.54. The van der Waals surface area contributed by atoms with Crippen LogP contribution < -0.4 is 10.6 Å². The second-order valence-electron chi connectivity index (χ2n) is 6.55. The molecule has 0 aromatic carbocycles. The number of nitrogens with one attached hydrogen (secondary N) is 2. The fourth-order valence-corrected chi connectivity index (χ4v) is 2.68. The molecule has 0 radical (unpaired) electrons. The molecule has 4 nitrogen and oxygen atoms in total. The van der Waals surface area contributed by atoms with Crippen molar-refractivity contribution in [1.82, 2.24) is 15.5 Å². The first-order valence-corrected chi connectivity index (χ1v) is 8.30. The van der Waals surface area contributed by atoms with Crippen molar-refractivity contribution in [3.8, 4) is 0 Å². The van der Waals surface area contributed by atoms with Gasteiger partial charge >= 0.3 is 0 Å². The number of nitrogens with zero attached hydrogens (tertiary/aromatic N) is 2. The predicted octanol–water partition coefficient (Wildman–Crippen LogP) is 2.32. The van der Waals surface area contributed by atoms with E-state index >= 15 is 0 Å². The van der Waals surface area contributed by atoms with Crippen LogP contribution in [0.15, 0.2) is 4.99 Å². The number of hydrogen-bond donors (Lipinski definition) is 2. The summed E-state index contributed by atoms with van der Waals surface area (Å²) >= 11 is 0. The van der Waals surface area contributed by atoms with E-state index in [1.807, 2.05) is 0 Å². The van der Waals surface area contributed by atoms with Gasteiger partial charge in [-0.1, -0.05) is 27.7 Å². The zero-order valence-electron chi connectivity index (χ0n) is 14.1. The molecule has 1 rings (SSSR count). The Morgan fingerprint density at radius 2 is 1.75 bits per heavy atom. The van der Waals surface area contributed by atoms with Crippen molar-refractivity contribution < 1.29 is 0 Å². The molecule has 1 atom stereocenters. The molecule has 1 saturated heterocycles. The molecule has 0 spiro atoms. The summed E-state index contributed by atoms with van der Waals surface area (Å²) in [4.78, 5) is 7.28. The zero-order valence-corrected chi connectivity index (χ0v) is 14.1. The van der Waals surface area contributed by atoms with E-state index in [4.69, 9.17) is 0 Å². The Labute approximate surface area is 125 Å². The van der Waals surface area contributed by atoms with Crippen LogP contribution in [0.1, 0.15) is 47.5 Å². The zero-order chi connectivity index (χ0) is 15.0. The summed E-state index contributed by atoms with van der Waals surface area (Å²) in [7, 11) is 0. The molecule has 1 unspecified atom stereocenters. The third-order valence-electron chi connectivity index (χ3n) is 3.82. The smallest absolute Gasteiger partial charge is 0.191 e. The third kappa shape index (κ3) is 6.12. The minimum atomic E-state index is 0.602. The van der Waals surface area contributed by atoms with E-state index in [0.717, 1.165) is 25.6 Å². The van der Waals surface area contributed by atoms with E-state index in [-0.39, 0.29) is 0 Å². The number of likely N-dealkylation sites (tertiary alicyclic amines) is 1. The first-order valence-electron chi connectivity index (χ1n) is 8.30. The van der Waals surface area contributed by atoms with Crippen LogP contribution in [0, 0.1) is 11.8 Å². The maximum atomic E-state index is 4.65. The average Bonchev–Trinajstić information content (AvgIpc) is 2.89. The molecular formula is C16H34N4. The molecule has 0 saturated carbocycles. The average molecular weight is 282 g/mol. The molecule has 1 heterocycles. The highest BCUT2D eigenvalue weighted by atomic mass is 15.2. The largest absolute Gasteiger partial charge is 0.357 e. The Kier molecular flexibility index (Phi) is 7.97. The Balaban J connectivity index is 2.51. The maximum Gasteiger partial charge on any atom is 0.191 e. The molecule has 1 aliphatic heterocycles. The quantitative estimate of drug-likeness (QED) is 0.556. The SMILES string of the molecule is CCNC(=NCC(C)C)NCC(C(C)C)N1CCCC1. The van der Waals surface area contributed by atoms with E-state index in [0.29, 0.717) is 17.9 Å². The maximum absolute atomic E-state index is 4.65. The van der Waals surface area contributed by atoms with Crippen molar-refractivity contribution >= 4 is 5.96 Å². The summed E-state index contributed by atoms with van der Waals surface area (Å²) < 4.78 is 0. The molecular weight excluding hydrogens is 248 g/mol. The molecule has 20 heavy (non-hydrogen) atoms. The van der Waals surface area contributed by atoms with E-state index in [1.165, 1.54) is 25.9 Å². The lowest BCUT2D eigenvalue weighted by molar-refractivity contribution is 0.192. The second-order valence-corrected chi connectivity index (χ2v) is 6.55. The highest BCUT2D eigenvalue weighted by Crippen LogP contribution is 2.17. The van der Waals surface area contributed by atoms with E-state index in [1.54, 1.807) is 0 Å².